The Morgan fingerprint density at radius 1 is 1.12 bits per heavy atom. The Bertz CT molecular complexity index is 1150. The molecular formula is C22H24N2O6S2. The monoisotopic (exact) mass is 476 g/mol. The lowest BCUT2D eigenvalue weighted by molar-refractivity contribution is 0.0785. The topological polar surface area (TPSA) is 104 Å². The first-order valence-corrected chi connectivity index (χ1v) is 12.5. The molecule has 1 heterocycles. The molecule has 1 aromatic heterocycles. The number of nitrogens with zero attached hydrogens (tertiary/aromatic N) is 1. The molecule has 170 valence electrons. The number of amides is 1. The molecule has 1 unspecified atom stereocenters. The molecule has 3 aromatic rings. The highest BCUT2D eigenvalue weighted by Gasteiger charge is 2.15. The number of rotatable bonds is 10. The van der Waals surface area contributed by atoms with E-state index in [1.165, 1.54) is 23.5 Å². The molecule has 1 amide bonds. The molecule has 0 fully saturated rings. The van der Waals surface area contributed by atoms with Gasteiger partial charge in [-0.3, -0.25) is 10.1 Å². The first-order valence-electron chi connectivity index (χ1n) is 9.78. The highest BCUT2D eigenvalue weighted by atomic mass is 32.2. The van der Waals surface area contributed by atoms with Gasteiger partial charge >= 0.3 is 0 Å². The van der Waals surface area contributed by atoms with Crippen molar-refractivity contribution >= 4 is 32.2 Å². The molecule has 0 saturated carbocycles. The van der Waals surface area contributed by atoms with Gasteiger partial charge in [0.1, 0.15) is 23.4 Å². The van der Waals surface area contributed by atoms with Crippen molar-refractivity contribution < 1.29 is 27.4 Å². The number of hydrogen-bond donors (Lipinski definition) is 1. The fourth-order valence-corrected chi connectivity index (χ4v) is 3.94. The number of carbonyl (C=O) groups excluding carboxylic acids is 1. The predicted octanol–water partition coefficient (Wildman–Crippen LogP) is 4.40. The molecule has 8 nitrogen and oxygen atoms in total. The van der Waals surface area contributed by atoms with Gasteiger partial charge in [0, 0.05) is 36.6 Å². The van der Waals surface area contributed by atoms with E-state index in [9.17, 15) is 13.2 Å². The van der Waals surface area contributed by atoms with Crippen LogP contribution in [0.5, 0.6) is 17.2 Å². The number of aromatic nitrogens is 1. The van der Waals surface area contributed by atoms with Gasteiger partial charge in [-0.1, -0.05) is 6.92 Å². The molecule has 0 aliphatic carbocycles. The molecule has 1 atom stereocenters. The molecule has 0 aliphatic rings. The zero-order chi connectivity index (χ0) is 23.1. The molecule has 3 rings (SSSR count). The summed E-state index contributed by atoms with van der Waals surface area (Å²) in [5, 5.41) is 4.98. The van der Waals surface area contributed by atoms with Gasteiger partial charge in [-0.15, -0.1) is 11.3 Å². The molecule has 0 aliphatic heterocycles. The van der Waals surface area contributed by atoms with Gasteiger partial charge in [-0.05, 0) is 42.8 Å². The molecule has 0 bridgehead atoms. The predicted molar refractivity (Wildman–Crippen MR) is 123 cm³/mol. The lowest BCUT2D eigenvalue weighted by atomic mass is 10.2. The number of thiazole rings is 1. The standard InChI is InChI=1S/C22H24N2O6S2/c1-4-16(14-28-2)29-18-11-15(21(25)24-22-23-9-10-31-22)12-19(13-18)30-17-5-7-20(8-6-17)32(3,26)27/h5-13,16H,4,14H2,1-3H3,(H,23,24,25). The Hall–Kier alpha value is -2.95. The van der Waals surface area contributed by atoms with Crippen molar-refractivity contribution in [1.82, 2.24) is 4.98 Å². The van der Waals surface area contributed by atoms with Crippen molar-refractivity contribution in [3.8, 4) is 17.2 Å². The van der Waals surface area contributed by atoms with E-state index < -0.39 is 9.84 Å². The largest absolute Gasteiger partial charge is 0.488 e. The third kappa shape index (κ3) is 6.52. The number of carbonyl (C=O) groups is 1. The smallest absolute Gasteiger partial charge is 0.257 e. The third-order valence-corrected chi connectivity index (χ3v) is 6.21. The first-order chi connectivity index (χ1) is 15.3. The van der Waals surface area contributed by atoms with E-state index in [4.69, 9.17) is 14.2 Å². The Balaban J connectivity index is 1.89. The highest BCUT2D eigenvalue weighted by Crippen LogP contribution is 2.29. The fraction of sp³-hybridized carbons (Fsp3) is 0.273. The van der Waals surface area contributed by atoms with Gasteiger partial charge in [-0.25, -0.2) is 13.4 Å². The molecule has 1 N–H and O–H groups in total. The molecule has 0 radical (unpaired) electrons. The number of benzene rings is 2. The summed E-state index contributed by atoms with van der Waals surface area (Å²) in [7, 11) is -1.71. The first kappa shape index (κ1) is 23.7. The normalized spacial score (nSPS) is 12.2. The number of methoxy groups -OCH3 is 1. The summed E-state index contributed by atoms with van der Waals surface area (Å²) < 4.78 is 40.4. The van der Waals surface area contributed by atoms with Crippen LogP contribution in [0.2, 0.25) is 0 Å². The summed E-state index contributed by atoms with van der Waals surface area (Å²) in [5.74, 6) is 0.877. The van der Waals surface area contributed by atoms with Crippen LogP contribution in [0.4, 0.5) is 5.13 Å². The van der Waals surface area contributed by atoms with Crippen molar-refractivity contribution in [1.29, 1.82) is 0 Å². The summed E-state index contributed by atoms with van der Waals surface area (Å²) in [4.78, 5) is 17.0. The zero-order valence-corrected chi connectivity index (χ0v) is 19.5. The second-order valence-electron chi connectivity index (χ2n) is 6.93. The van der Waals surface area contributed by atoms with E-state index in [2.05, 4.69) is 10.3 Å². The Morgan fingerprint density at radius 3 is 2.44 bits per heavy atom. The van der Waals surface area contributed by atoms with Crippen LogP contribution >= 0.6 is 11.3 Å². The van der Waals surface area contributed by atoms with Crippen LogP contribution in [0.1, 0.15) is 23.7 Å². The zero-order valence-electron chi connectivity index (χ0n) is 17.9. The maximum absolute atomic E-state index is 12.8. The van der Waals surface area contributed by atoms with Crippen LogP contribution in [-0.2, 0) is 14.6 Å². The number of anilines is 1. The minimum Gasteiger partial charge on any atom is -0.488 e. The number of hydrogen-bond acceptors (Lipinski definition) is 8. The van der Waals surface area contributed by atoms with Crippen molar-refractivity contribution in [2.24, 2.45) is 0 Å². The van der Waals surface area contributed by atoms with Crippen molar-refractivity contribution in [3.63, 3.8) is 0 Å². The van der Waals surface area contributed by atoms with Gasteiger partial charge in [0.15, 0.2) is 15.0 Å². The SMILES string of the molecule is CCC(COC)Oc1cc(Oc2ccc(S(C)(=O)=O)cc2)cc(C(=O)Nc2nccs2)c1. The van der Waals surface area contributed by atoms with E-state index in [1.54, 1.807) is 49.0 Å². The van der Waals surface area contributed by atoms with Gasteiger partial charge < -0.3 is 14.2 Å². The van der Waals surface area contributed by atoms with Gasteiger partial charge in [0.25, 0.3) is 5.91 Å². The van der Waals surface area contributed by atoms with E-state index in [0.29, 0.717) is 41.0 Å². The quantitative estimate of drug-likeness (QED) is 0.463. The Kier molecular flexibility index (Phi) is 7.84. The van der Waals surface area contributed by atoms with Crippen LogP contribution in [-0.4, -0.2) is 45.4 Å². The summed E-state index contributed by atoms with van der Waals surface area (Å²) in [6, 6.07) is 10.9. The molecule has 32 heavy (non-hydrogen) atoms. The lowest BCUT2D eigenvalue weighted by Crippen LogP contribution is -2.21. The number of ether oxygens (including phenoxy) is 3. The van der Waals surface area contributed by atoms with Gasteiger partial charge in [0.2, 0.25) is 0 Å². The maximum atomic E-state index is 12.8. The fourth-order valence-electron chi connectivity index (χ4n) is 2.79. The number of nitrogens with one attached hydrogen (secondary N) is 1. The average Bonchev–Trinajstić information content (AvgIpc) is 3.26. The Labute approximate surface area is 191 Å². The summed E-state index contributed by atoms with van der Waals surface area (Å²) in [6.45, 7) is 2.37. The minimum atomic E-state index is -3.31. The average molecular weight is 477 g/mol. The van der Waals surface area contributed by atoms with Crippen molar-refractivity contribution in [2.45, 2.75) is 24.3 Å². The van der Waals surface area contributed by atoms with E-state index in [1.807, 2.05) is 6.92 Å². The third-order valence-electron chi connectivity index (χ3n) is 4.39. The van der Waals surface area contributed by atoms with Crippen LogP contribution < -0.4 is 14.8 Å². The van der Waals surface area contributed by atoms with E-state index >= 15 is 0 Å². The van der Waals surface area contributed by atoms with Crippen LogP contribution in [0.3, 0.4) is 0 Å². The summed E-state index contributed by atoms with van der Waals surface area (Å²) in [5.41, 5.74) is 0.327. The minimum absolute atomic E-state index is 0.191. The highest BCUT2D eigenvalue weighted by molar-refractivity contribution is 7.90. The molecule has 0 spiro atoms. The molecule has 10 heteroatoms. The van der Waals surface area contributed by atoms with Gasteiger partial charge in [-0.2, -0.15) is 0 Å². The van der Waals surface area contributed by atoms with Crippen LogP contribution in [0.15, 0.2) is 58.9 Å². The Morgan fingerprint density at radius 2 is 1.84 bits per heavy atom. The second-order valence-corrected chi connectivity index (χ2v) is 9.84. The number of sulfone groups is 1. The van der Waals surface area contributed by atoms with E-state index in [0.717, 1.165) is 6.26 Å². The molecular weight excluding hydrogens is 452 g/mol. The van der Waals surface area contributed by atoms with Crippen LogP contribution in [0.25, 0.3) is 0 Å². The van der Waals surface area contributed by atoms with Crippen molar-refractivity contribution in [2.75, 3.05) is 25.3 Å². The summed E-state index contributed by atoms with van der Waals surface area (Å²) in [6.07, 6.45) is 3.26. The lowest BCUT2D eigenvalue weighted by Gasteiger charge is -2.18. The molecule has 2 aromatic carbocycles. The molecule has 0 saturated heterocycles. The van der Waals surface area contributed by atoms with Crippen LogP contribution in [0, 0.1) is 0 Å². The summed E-state index contributed by atoms with van der Waals surface area (Å²) >= 11 is 1.31. The van der Waals surface area contributed by atoms with Gasteiger partial charge in [0.05, 0.1) is 11.5 Å². The van der Waals surface area contributed by atoms with Crippen molar-refractivity contribution in [3.05, 3.63) is 59.6 Å². The second kappa shape index (κ2) is 10.6. The van der Waals surface area contributed by atoms with E-state index in [-0.39, 0.29) is 16.9 Å². The maximum Gasteiger partial charge on any atom is 0.257 e.